The number of para-hydroxylation sites is 1. The molecular formula is C18H15ClF3N3O5S. The predicted molar refractivity (Wildman–Crippen MR) is 104 cm³/mol. The van der Waals surface area contributed by atoms with E-state index < -0.39 is 42.5 Å². The van der Waals surface area contributed by atoms with Gasteiger partial charge in [0.25, 0.3) is 11.6 Å². The lowest BCUT2D eigenvalue weighted by Crippen LogP contribution is -2.50. The minimum Gasteiger partial charge on any atom is -0.336 e. The van der Waals surface area contributed by atoms with Crippen LogP contribution in [-0.4, -0.2) is 54.6 Å². The molecule has 2 aromatic rings. The second kappa shape index (κ2) is 8.44. The summed E-state index contributed by atoms with van der Waals surface area (Å²) in [7, 11) is -4.27. The molecular weight excluding hydrogens is 463 g/mol. The van der Waals surface area contributed by atoms with Gasteiger partial charge in [-0.05, 0) is 24.3 Å². The molecule has 2 aromatic carbocycles. The van der Waals surface area contributed by atoms with Gasteiger partial charge in [-0.2, -0.15) is 17.5 Å². The van der Waals surface area contributed by atoms with E-state index in [0.29, 0.717) is 6.07 Å². The molecule has 1 aliphatic rings. The molecule has 0 spiro atoms. The number of rotatable bonds is 4. The molecule has 1 fully saturated rings. The van der Waals surface area contributed by atoms with Crippen LogP contribution in [0.15, 0.2) is 47.4 Å². The molecule has 0 bridgehead atoms. The summed E-state index contributed by atoms with van der Waals surface area (Å²) in [5, 5.41) is 10.5. The largest absolute Gasteiger partial charge is 0.417 e. The number of carbonyl (C=O) groups excluding carboxylic acids is 1. The summed E-state index contributed by atoms with van der Waals surface area (Å²) in [6.07, 6.45) is -4.82. The highest BCUT2D eigenvalue weighted by molar-refractivity contribution is 7.89. The maximum atomic E-state index is 13.1. The van der Waals surface area contributed by atoms with Gasteiger partial charge in [0.1, 0.15) is 5.56 Å². The zero-order chi connectivity index (χ0) is 23.0. The number of amides is 1. The third-order valence-electron chi connectivity index (χ3n) is 4.74. The Kier molecular flexibility index (Phi) is 6.25. The number of halogens is 4. The summed E-state index contributed by atoms with van der Waals surface area (Å²) >= 11 is 5.54. The van der Waals surface area contributed by atoms with Crippen molar-refractivity contribution in [3.8, 4) is 0 Å². The second-order valence-electron chi connectivity index (χ2n) is 6.61. The van der Waals surface area contributed by atoms with Gasteiger partial charge >= 0.3 is 6.18 Å². The Morgan fingerprint density at radius 2 is 1.68 bits per heavy atom. The maximum absolute atomic E-state index is 13.1. The molecule has 1 amide bonds. The van der Waals surface area contributed by atoms with Gasteiger partial charge in [-0.25, -0.2) is 8.42 Å². The van der Waals surface area contributed by atoms with Crippen LogP contribution in [0.5, 0.6) is 0 Å². The Morgan fingerprint density at radius 3 is 2.26 bits per heavy atom. The smallest absolute Gasteiger partial charge is 0.336 e. The maximum Gasteiger partial charge on any atom is 0.417 e. The Morgan fingerprint density at radius 1 is 1.06 bits per heavy atom. The molecule has 0 saturated carbocycles. The van der Waals surface area contributed by atoms with Crippen LogP contribution in [0.3, 0.4) is 0 Å². The lowest BCUT2D eigenvalue weighted by atomic mass is 10.1. The van der Waals surface area contributed by atoms with Gasteiger partial charge in [0.05, 0.1) is 20.4 Å². The van der Waals surface area contributed by atoms with Crippen LogP contribution < -0.4 is 0 Å². The van der Waals surface area contributed by atoms with Crippen molar-refractivity contribution in [2.45, 2.75) is 11.1 Å². The van der Waals surface area contributed by atoms with E-state index in [9.17, 15) is 36.5 Å². The molecule has 0 atom stereocenters. The molecule has 31 heavy (non-hydrogen) atoms. The van der Waals surface area contributed by atoms with Gasteiger partial charge in [-0.15, -0.1) is 0 Å². The van der Waals surface area contributed by atoms with Crippen LogP contribution in [0.2, 0.25) is 5.02 Å². The van der Waals surface area contributed by atoms with Crippen LogP contribution >= 0.6 is 11.6 Å². The highest BCUT2D eigenvalue weighted by Crippen LogP contribution is 2.36. The third-order valence-corrected chi connectivity index (χ3v) is 6.96. The molecule has 1 saturated heterocycles. The third kappa shape index (κ3) is 4.65. The number of nitro groups is 1. The molecule has 0 aromatic heterocycles. The van der Waals surface area contributed by atoms with Crippen molar-refractivity contribution in [3.63, 3.8) is 0 Å². The standard InChI is InChI=1S/C18H15ClF3N3O5S/c19-15-6-5-12(11-14(15)18(20,21)22)31(29,30)24-9-7-23(8-10-24)17(26)13-3-1-2-4-16(13)25(27)28/h1-6,11H,7-10H2. The van der Waals surface area contributed by atoms with E-state index in [2.05, 4.69) is 0 Å². The number of piperazine rings is 1. The normalized spacial score (nSPS) is 15.7. The summed E-state index contributed by atoms with van der Waals surface area (Å²) in [6.45, 7) is -0.523. The van der Waals surface area contributed by atoms with Gasteiger partial charge in [0, 0.05) is 32.2 Å². The van der Waals surface area contributed by atoms with Crippen LogP contribution in [0.25, 0.3) is 0 Å². The van der Waals surface area contributed by atoms with Crippen LogP contribution in [0.4, 0.5) is 18.9 Å². The fraction of sp³-hybridized carbons (Fsp3) is 0.278. The van der Waals surface area contributed by atoms with Crippen molar-refractivity contribution in [1.29, 1.82) is 0 Å². The molecule has 1 heterocycles. The SMILES string of the molecule is O=C(c1ccccc1[N+](=O)[O-])N1CCN(S(=O)(=O)c2ccc(Cl)c(C(F)(F)F)c2)CC1. The van der Waals surface area contributed by atoms with Crippen molar-refractivity contribution in [3.05, 3.63) is 68.7 Å². The lowest BCUT2D eigenvalue weighted by Gasteiger charge is -2.34. The average molecular weight is 478 g/mol. The van der Waals surface area contributed by atoms with Gasteiger partial charge in [-0.1, -0.05) is 23.7 Å². The summed E-state index contributed by atoms with van der Waals surface area (Å²) < 4.78 is 65.7. The number of benzene rings is 2. The quantitative estimate of drug-likeness (QED) is 0.496. The molecule has 13 heteroatoms. The fourth-order valence-corrected chi connectivity index (χ4v) is 4.82. The van der Waals surface area contributed by atoms with Gasteiger partial charge in [-0.3, -0.25) is 14.9 Å². The lowest BCUT2D eigenvalue weighted by molar-refractivity contribution is -0.385. The highest BCUT2D eigenvalue weighted by atomic mass is 35.5. The molecule has 8 nitrogen and oxygen atoms in total. The highest BCUT2D eigenvalue weighted by Gasteiger charge is 2.37. The fourth-order valence-electron chi connectivity index (χ4n) is 3.15. The minimum atomic E-state index is -4.82. The van der Waals surface area contributed by atoms with E-state index in [-0.39, 0.29) is 37.4 Å². The number of hydrogen-bond acceptors (Lipinski definition) is 5. The summed E-state index contributed by atoms with van der Waals surface area (Å²) in [5.41, 5.74) is -1.76. The first-order valence-electron chi connectivity index (χ1n) is 8.82. The van der Waals surface area contributed by atoms with E-state index in [1.807, 2.05) is 0 Å². The molecule has 1 aliphatic heterocycles. The first kappa shape index (κ1) is 23.0. The van der Waals surface area contributed by atoms with Crippen LogP contribution in [0.1, 0.15) is 15.9 Å². The Labute approximate surface area is 180 Å². The van der Waals surface area contributed by atoms with Crippen LogP contribution in [0, 0.1) is 10.1 Å². The van der Waals surface area contributed by atoms with E-state index in [1.54, 1.807) is 0 Å². The Hall–Kier alpha value is -2.70. The van der Waals surface area contributed by atoms with Crippen molar-refractivity contribution >= 4 is 33.2 Å². The Bertz CT molecular complexity index is 1130. The van der Waals surface area contributed by atoms with Crippen molar-refractivity contribution in [1.82, 2.24) is 9.21 Å². The summed E-state index contributed by atoms with van der Waals surface area (Å²) in [4.78, 5) is 23.8. The molecule has 0 aliphatic carbocycles. The summed E-state index contributed by atoms with van der Waals surface area (Å²) in [6, 6.07) is 7.70. The van der Waals surface area contributed by atoms with E-state index in [1.165, 1.54) is 29.2 Å². The van der Waals surface area contributed by atoms with E-state index in [4.69, 9.17) is 11.6 Å². The Balaban J connectivity index is 1.78. The average Bonchev–Trinajstić information content (AvgIpc) is 2.72. The number of sulfonamides is 1. The van der Waals surface area contributed by atoms with Crippen LogP contribution in [-0.2, 0) is 16.2 Å². The van der Waals surface area contributed by atoms with Crippen molar-refractivity contribution in [2.24, 2.45) is 0 Å². The minimum absolute atomic E-state index is 0.0795. The predicted octanol–water partition coefficient (Wildman–Crippen LogP) is 3.41. The monoisotopic (exact) mass is 477 g/mol. The number of carbonyl (C=O) groups is 1. The zero-order valence-corrected chi connectivity index (χ0v) is 17.2. The number of hydrogen-bond donors (Lipinski definition) is 0. The number of alkyl halides is 3. The van der Waals surface area contributed by atoms with E-state index >= 15 is 0 Å². The molecule has 166 valence electrons. The van der Waals surface area contributed by atoms with Gasteiger partial charge in [0.2, 0.25) is 10.0 Å². The van der Waals surface area contributed by atoms with E-state index in [0.717, 1.165) is 16.4 Å². The molecule has 3 rings (SSSR count). The zero-order valence-electron chi connectivity index (χ0n) is 15.7. The molecule has 0 N–H and O–H groups in total. The van der Waals surface area contributed by atoms with Crippen molar-refractivity contribution < 1.29 is 31.3 Å². The van der Waals surface area contributed by atoms with Crippen molar-refractivity contribution in [2.75, 3.05) is 26.2 Å². The molecule has 0 unspecified atom stereocenters. The summed E-state index contributed by atoms with van der Waals surface area (Å²) in [5.74, 6) is -0.629. The van der Waals surface area contributed by atoms with Gasteiger partial charge < -0.3 is 4.90 Å². The van der Waals surface area contributed by atoms with Gasteiger partial charge in [0.15, 0.2) is 0 Å². The topological polar surface area (TPSA) is 101 Å². The first-order valence-corrected chi connectivity index (χ1v) is 10.6. The second-order valence-corrected chi connectivity index (χ2v) is 8.96. The number of nitrogens with zero attached hydrogens (tertiary/aromatic N) is 3. The number of nitro benzene ring substituents is 1. The first-order chi connectivity index (χ1) is 14.4. The molecule has 0 radical (unpaired) electrons.